The van der Waals surface area contributed by atoms with Gasteiger partial charge in [0.15, 0.2) is 9.84 Å². The number of hydrogen-bond donors (Lipinski definition) is 0. The minimum Gasteiger partial charge on any atom is -0.223 e. The van der Waals surface area contributed by atoms with Gasteiger partial charge in [0.1, 0.15) is 4.21 Å². The fourth-order valence-corrected chi connectivity index (χ4v) is 6.13. The maximum Gasteiger partial charge on any atom is 0.191 e. The number of thiophene rings is 1. The molecular formula is C8H10O2S3. The maximum absolute atomic E-state index is 11.9. The van der Waals surface area contributed by atoms with Crippen LogP contribution in [0, 0.1) is 0 Å². The van der Waals surface area contributed by atoms with Gasteiger partial charge < -0.3 is 0 Å². The molecule has 0 spiro atoms. The molecule has 1 aliphatic heterocycles. The summed E-state index contributed by atoms with van der Waals surface area (Å²) < 4.78 is 24.3. The zero-order valence-electron chi connectivity index (χ0n) is 6.97. The predicted octanol–water partition coefficient (Wildman–Crippen LogP) is 2.03. The standard InChI is InChI=1S/C8H10O2S3/c9-13(10,7-3-5-11-6-7)8-2-1-4-12-8/h1-2,4,7H,3,5-6H2. The van der Waals surface area contributed by atoms with E-state index in [4.69, 9.17) is 0 Å². The third-order valence-electron chi connectivity index (χ3n) is 2.10. The van der Waals surface area contributed by atoms with Gasteiger partial charge in [-0.2, -0.15) is 11.8 Å². The molecule has 2 rings (SSSR count). The van der Waals surface area contributed by atoms with Gasteiger partial charge in [-0.15, -0.1) is 11.3 Å². The second-order valence-electron chi connectivity index (χ2n) is 2.96. The van der Waals surface area contributed by atoms with Gasteiger partial charge in [0, 0.05) is 5.75 Å². The Morgan fingerprint density at radius 3 is 2.85 bits per heavy atom. The van der Waals surface area contributed by atoms with Gasteiger partial charge in [-0.25, -0.2) is 8.42 Å². The SMILES string of the molecule is O=S(=O)(c1cccs1)C1CCSC1. The van der Waals surface area contributed by atoms with Gasteiger partial charge in [0.05, 0.1) is 5.25 Å². The molecule has 0 amide bonds. The minimum atomic E-state index is -3.00. The van der Waals surface area contributed by atoms with Crippen molar-refractivity contribution in [1.82, 2.24) is 0 Å². The highest BCUT2D eigenvalue weighted by Gasteiger charge is 2.31. The summed E-state index contributed by atoms with van der Waals surface area (Å²) in [6.45, 7) is 0. The summed E-state index contributed by atoms with van der Waals surface area (Å²) >= 11 is 3.05. The van der Waals surface area contributed by atoms with Gasteiger partial charge in [-0.05, 0) is 23.6 Å². The van der Waals surface area contributed by atoms with E-state index < -0.39 is 9.84 Å². The van der Waals surface area contributed by atoms with Crippen molar-refractivity contribution in [2.45, 2.75) is 15.9 Å². The molecule has 5 heteroatoms. The molecule has 1 aromatic rings. The van der Waals surface area contributed by atoms with Crippen LogP contribution in [0.15, 0.2) is 21.7 Å². The lowest BCUT2D eigenvalue weighted by molar-refractivity contribution is 0.586. The topological polar surface area (TPSA) is 34.1 Å². The van der Waals surface area contributed by atoms with E-state index in [1.807, 2.05) is 5.38 Å². The van der Waals surface area contributed by atoms with Crippen molar-refractivity contribution in [2.24, 2.45) is 0 Å². The summed E-state index contributed by atoms with van der Waals surface area (Å²) in [6, 6.07) is 3.49. The Hall–Kier alpha value is -0.000000000000000111. The van der Waals surface area contributed by atoms with Gasteiger partial charge in [0.25, 0.3) is 0 Å². The first-order chi connectivity index (χ1) is 6.21. The van der Waals surface area contributed by atoms with E-state index in [9.17, 15) is 8.42 Å². The molecule has 13 heavy (non-hydrogen) atoms. The van der Waals surface area contributed by atoms with Gasteiger partial charge in [0.2, 0.25) is 0 Å². The molecule has 2 nitrogen and oxygen atoms in total. The van der Waals surface area contributed by atoms with Gasteiger partial charge in [-0.1, -0.05) is 6.07 Å². The van der Waals surface area contributed by atoms with Crippen molar-refractivity contribution >= 4 is 32.9 Å². The smallest absolute Gasteiger partial charge is 0.191 e. The summed E-state index contributed by atoms with van der Waals surface area (Å²) in [5.41, 5.74) is 0. The Morgan fingerprint density at radius 1 is 1.46 bits per heavy atom. The number of thioether (sulfide) groups is 1. The number of hydrogen-bond acceptors (Lipinski definition) is 4. The molecule has 1 aromatic heterocycles. The highest BCUT2D eigenvalue weighted by molar-refractivity contribution is 8.01. The van der Waals surface area contributed by atoms with Crippen LogP contribution in [0.4, 0.5) is 0 Å². The van der Waals surface area contributed by atoms with Gasteiger partial charge in [-0.3, -0.25) is 0 Å². The van der Waals surface area contributed by atoms with Crippen molar-refractivity contribution in [3.63, 3.8) is 0 Å². The normalized spacial score (nSPS) is 23.5. The van der Waals surface area contributed by atoms with E-state index in [1.165, 1.54) is 11.3 Å². The number of sulfone groups is 1. The third kappa shape index (κ3) is 1.78. The van der Waals surface area contributed by atoms with Crippen LogP contribution >= 0.6 is 23.1 Å². The van der Waals surface area contributed by atoms with Crippen molar-refractivity contribution in [2.75, 3.05) is 11.5 Å². The largest absolute Gasteiger partial charge is 0.223 e. The molecule has 1 aliphatic rings. The van der Waals surface area contributed by atoms with Crippen LogP contribution in [0.3, 0.4) is 0 Å². The first-order valence-corrected chi connectivity index (χ1v) is 7.64. The highest BCUT2D eigenvalue weighted by Crippen LogP contribution is 2.30. The molecular weight excluding hydrogens is 224 g/mol. The zero-order valence-corrected chi connectivity index (χ0v) is 9.42. The van der Waals surface area contributed by atoms with Crippen molar-refractivity contribution in [3.05, 3.63) is 17.5 Å². The Balaban J connectivity index is 2.30. The van der Waals surface area contributed by atoms with E-state index in [1.54, 1.807) is 23.9 Å². The molecule has 1 atom stereocenters. The summed E-state index contributed by atoms with van der Waals surface area (Å²) in [4.78, 5) is 0. The first-order valence-electron chi connectivity index (χ1n) is 4.06. The second-order valence-corrected chi connectivity index (χ2v) is 7.52. The van der Waals surface area contributed by atoms with Crippen molar-refractivity contribution in [1.29, 1.82) is 0 Å². The Labute approximate surface area is 86.3 Å². The van der Waals surface area contributed by atoms with E-state index in [0.29, 0.717) is 4.21 Å². The zero-order chi connectivity index (χ0) is 9.31. The molecule has 0 saturated carbocycles. The maximum atomic E-state index is 11.9. The summed E-state index contributed by atoms with van der Waals surface area (Å²) in [5, 5.41) is 1.67. The molecule has 0 bridgehead atoms. The first kappa shape index (κ1) is 9.55. The highest BCUT2D eigenvalue weighted by atomic mass is 32.2. The molecule has 2 heterocycles. The van der Waals surface area contributed by atoms with Crippen LogP contribution in [-0.2, 0) is 9.84 Å². The van der Waals surface area contributed by atoms with Crippen LogP contribution in [0.2, 0.25) is 0 Å². The van der Waals surface area contributed by atoms with Crippen LogP contribution in [0.25, 0.3) is 0 Å². The van der Waals surface area contributed by atoms with Crippen LogP contribution in [-0.4, -0.2) is 25.2 Å². The van der Waals surface area contributed by atoms with Crippen molar-refractivity contribution in [3.8, 4) is 0 Å². The molecule has 1 unspecified atom stereocenters. The molecule has 0 aliphatic carbocycles. The fourth-order valence-electron chi connectivity index (χ4n) is 1.35. The van der Waals surface area contributed by atoms with E-state index >= 15 is 0 Å². The molecule has 1 fully saturated rings. The molecule has 1 saturated heterocycles. The quantitative estimate of drug-likeness (QED) is 0.785. The number of rotatable bonds is 2. The predicted molar refractivity (Wildman–Crippen MR) is 57.2 cm³/mol. The summed E-state index contributed by atoms with van der Waals surface area (Å²) in [5.74, 6) is 1.75. The van der Waals surface area contributed by atoms with Crippen LogP contribution in [0.1, 0.15) is 6.42 Å². The summed E-state index contributed by atoms with van der Waals surface area (Å²) in [6.07, 6.45) is 0.810. The van der Waals surface area contributed by atoms with Crippen LogP contribution < -0.4 is 0 Å². The lowest BCUT2D eigenvalue weighted by Crippen LogP contribution is -2.19. The van der Waals surface area contributed by atoms with Gasteiger partial charge >= 0.3 is 0 Å². The monoisotopic (exact) mass is 234 g/mol. The minimum absolute atomic E-state index is 0.142. The Kier molecular flexibility index (Phi) is 2.67. The molecule has 0 N–H and O–H groups in total. The lowest BCUT2D eigenvalue weighted by atomic mass is 10.4. The lowest BCUT2D eigenvalue weighted by Gasteiger charge is -2.07. The van der Waals surface area contributed by atoms with E-state index in [-0.39, 0.29) is 5.25 Å². The average Bonchev–Trinajstić information content (AvgIpc) is 2.78. The van der Waals surface area contributed by atoms with Crippen LogP contribution in [0.5, 0.6) is 0 Å². The molecule has 72 valence electrons. The van der Waals surface area contributed by atoms with E-state index in [0.717, 1.165) is 17.9 Å². The third-order valence-corrected chi connectivity index (χ3v) is 7.10. The summed E-state index contributed by atoms with van der Waals surface area (Å²) in [7, 11) is -3.00. The van der Waals surface area contributed by atoms with E-state index in [2.05, 4.69) is 0 Å². The second kappa shape index (κ2) is 3.63. The fraction of sp³-hybridized carbons (Fsp3) is 0.500. The molecule has 0 aromatic carbocycles. The Bertz CT molecular complexity index is 360. The van der Waals surface area contributed by atoms with Crippen molar-refractivity contribution < 1.29 is 8.42 Å². The molecule has 0 radical (unpaired) electrons. The average molecular weight is 234 g/mol. The Morgan fingerprint density at radius 2 is 2.31 bits per heavy atom.